The maximum Gasteiger partial charge on any atom is 0.228 e. The molecule has 0 spiro atoms. The number of aryl methyl sites for hydroxylation is 1. The normalized spacial score (nSPS) is 21.1. The van der Waals surface area contributed by atoms with Crippen LogP contribution in [0.4, 0.5) is 0 Å². The summed E-state index contributed by atoms with van der Waals surface area (Å²) >= 11 is 1.72. The first-order valence-corrected chi connectivity index (χ1v) is 6.54. The van der Waals surface area contributed by atoms with Gasteiger partial charge in [-0.15, -0.1) is 11.3 Å². The quantitative estimate of drug-likeness (QED) is 0.845. The monoisotopic (exact) mass is 238 g/mol. The number of carbonyl (C=O) groups excluding carboxylic acids is 1. The topological polar surface area (TPSA) is 32.3 Å². The summed E-state index contributed by atoms with van der Waals surface area (Å²) in [6.07, 6.45) is 0.558. The first kappa shape index (κ1) is 11.6. The Morgan fingerprint density at radius 3 is 3.06 bits per heavy atom. The molecule has 1 aromatic rings. The van der Waals surface area contributed by atoms with E-state index in [0.717, 1.165) is 19.6 Å². The summed E-state index contributed by atoms with van der Waals surface area (Å²) in [5, 5.41) is 3.30. The van der Waals surface area contributed by atoms with Gasteiger partial charge >= 0.3 is 0 Å². The molecule has 2 rings (SSSR count). The van der Waals surface area contributed by atoms with Gasteiger partial charge in [-0.1, -0.05) is 0 Å². The summed E-state index contributed by atoms with van der Waals surface area (Å²) in [6, 6.07) is 4.46. The molecular formula is C12H18N2OS. The highest BCUT2D eigenvalue weighted by Crippen LogP contribution is 2.17. The second-order valence-electron chi connectivity index (χ2n) is 4.33. The van der Waals surface area contributed by atoms with E-state index >= 15 is 0 Å². The molecule has 1 aromatic heterocycles. The van der Waals surface area contributed by atoms with Crippen LogP contribution in [-0.2, 0) is 11.2 Å². The number of rotatable bonds is 2. The van der Waals surface area contributed by atoms with Crippen molar-refractivity contribution < 1.29 is 4.79 Å². The van der Waals surface area contributed by atoms with Crippen LogP contribution in [0.3, 0.4) is 0 Å². The first-order chi connectivity index (χ1) is 7.66. The Kier molecular flexibility index (Phi) is 3.61. The van der Waals surface area contributed by atoms with Gasteiger partial charge in [-0.3, -0.25) is 4.79 Å². The highest BCUT2D eigenvalue weighted by atomic mass is 32.1. The van der Waals surface area contributed by atoms with Crippen LogP contribution >= 0.6 is 11.3 Å². The molecule has 3 nitrogen and oxygen atoms in total. The molecule has 2 heterocycles. The lowest BCUT2D eigenvalue weighted by molar-refractivity contribution is -0.133. The summed E-state index contributed by atoms with van der Waals surface area (Å²) < 4.78 is 0. The van der Waals surface area contributed by atoms with Crippen LogP contribution in [-0.4, -0.2) is 36.5 Å². The lowest BCUT2D eigenvalue weighted by Gasteiger charge is -2.34. The van der Waals surface area contributed by atoms with Crippen molar-refractivity contribution >= 4 is 17.2 Å². The SMILES string of the molecule is Cc1ccc(CC(=O)N2CCNCC2C)s1. The Labute approximate surface area is 100 Å². The van der Waals surface area contributed by atoms with Crippen molar-refractivity contribution in [2.24, 2.45) is 0 Å². The van der Waals surface area contributed by atoms with E-state index in [-0.39, 0.29) is 5.91 Å². The summed E-state index contributed by atoms with van der Waals surface area (Å²) in [5.41, 5.74) is 0. The largest absolute Gasteiger partial charge is 0.337 e. The summed E-state index contributed by atoms with van der Waals surface area (Å²) in [5.74, 6) is 0.260. The molecule has 1 saturated heterocycles. The molecule has 0 bridgehead atoms. The summed E-state index contributed by atoms with van der Waals surface area (Å²) in [6.45, 7) is 6.84. The van der Waals surface area contributed by atoms with Gasteiger partial charge in [0.1, 0.15) is 0 Å². The molecule has 0 radical (unpaired) electrons. The van der Waals surface area contributed by atoms with Crippen molar-refractivity contribution in [3.63, 3.8) is 0 Å². The minimum Gasteiger partial charge on any atom is -0.337 e. The number of nitrogens with zero attached hydrogens (tertiary/aromatic N) is 1. The number of piperazine rings is 1. The van der Waals surface area contributed by atoms with Crippen LogP contribution in [0.25, 0.3) is 0 Å². The highest BCUT2D eigenvalue weighted by Gasteiger charge is 2.22. The fourth-order valence-corrected chi connectivity index (χ4v) is 2.92. The number of carbonyl (C=O) groups is 1. The van der Waals surface area contributed by atoms with Gasteiger partial charge in [0.25, 0.3) is 0 Å². The van der Waals surface area contributed by atoms with E-state index in [9.17, 15) is 4.79 Å². The fourth-order valence-electron chi connectivity index (χ4n) is 2.04. The van der Waals surface area contributed by atoms with Crippen LogP contribution in [0.1, 0.15) is 16.7 Å². The smallest absolute Gasteiger partial charge is 0.228 e. The number of amides is 1. The molecular weight excluding hydrogens is 220 g/mol. The molecule has 0 saturated carbocycles. The Hall–Kier alpha value is -0.870. The number of hydrogen-bond acceptors (Lipinski definition) is 3. The van der Waals surface area contributed by atoms with Gasteiger partial charge in [0.15, 0.2) is 0 Å². The molecule has 1 amide bonds. The first-order valence-electron chi connectivity index (χ1n) is 5.72. The Balaban J connectivity index is 1.96. The van der Waals surface area contributed by atoms with Gasteiger partial charge in [-0.2, -0.15) is 0 Å². The average molecular weight is 238 g/mol. The van der Waals surface area contributed by atoms with E-state index in [2.05, 4.69) is 31.3 Å². The molecule has 1 atom stereocenters. The second-order valence-corrected chi connectivity index (χ2v) is 5.70. The molecule has 4 heteroatoms. The van der Waals surface area contributed by atoms with Crippen molar-refractivity contribution in [3.8, 4) is 0 Å². The summed E-state index contributed by atoms with van der Waals surface area (Å²) in [4.78, 5) is 16.5. The van der Waals surface area contributed by atoms with E-state index < -0.39 is 0 Å². The minimum atomic E-state index is 0.260. The minimum absolute atomic E-state index is 0.260. The van der Waals surface area contributed by atoms with Gasteiger partial charge < -0.3 is 10.2 Å². The number of hydrogen-bond donors (Lipinski definition) is 1. The van der Waals surface area contributed by atoms with Gasteiger partial charge in [-0.25, -0.2) is 0 Å². The molecule has 88 valence electrons. The maximum absolute atomic E-state index is 12.1. The predicted molar refractivity (Wildman–Crippen MR) is 66.8 cm³/mol. The third-order valence-electron chi connectivity index (χ3n) is 2.94. The fraction of sp³-hybridized carbons (Fsp3) is 0.583. The molecule has 0 aromatic carbocycles. The standard InChI is InChI=1S/C12H18N2OS/c1-9-8-13-5-6-14(9)12(15)7-11-4-3-10(2)16-11/h3-4,9,13H,5-8H2,1-2H3. The maximum atomic E-state index is 12.1. The third kappa shape index (κ3) is 2.62. The molecule has 1 aliphatic rings. The van der Waals surface area contributed by atoms with Gasteiger partial charge in [0, 0.05) is 35.4 Å². The van der Waals surface area contributed by atoms with E-state index in [1.807, 2.05) is 4.90 Å². The van der Waals surface area contributed by atoms with Crippen molar-refractivity contribution in [1.82, 2.24) is 10.2 Å². The molecule has 1 fully saturated rings. The van der Waals surface area contributed by atoms with Gasteiger partial charge in [-0.05, 0) is 26.0 Å². The molecule has 1 N–H and O–H groups in total. The zero-order chi connectivity index (χ0) is 11.5. The van der Waals surface area contributed by atoms with Crippen molar-refractivity contribution in [2.75, 3.05) is 19.6 Å². The van der Waals surface area contributed by atoms with Gasteiger partial charge in [0.2, 0.25) is 5.91 Å². The van der Waals surface area contributed by atoms with Crippen LogP contribution < -0.4 is 5.32 Å². The van der Waals surface area contributed by atoms with Gasteiger partial charge in [0.05, 0.1) is 6.42 Å². The van der Waals surface area contributed by atoms with Crippen LogP contribution in [0.5, 0.6) is 0 Å². The Morgan fingerprint density at radius 2 is 2.44 bits per heavy atom. The van der Waals surface area contributed by atoms with Crippen LogP contribution in [0, 0.1) is 6.92 Å². The number of thiophene rings is 1. The third-order valence-corrected chi connectivity index (χ3v) is 3.94. The zero-order valence-electron chi connectivity index (χ0n) is 9.82. The molecule has 1 unspecified atom stereocenters. The highest BCUT2D eigenvalue weighted by molar-refractivity contribution is 7.12. The zero-order valence-corrected chi connectivity index (χ0v) is 10.6. The molecule has 1 aliphatic heterocycles. The molecule has 0 aliphatic carbocycles. The van der Waals surface area contributed by atoms with Crippen molar-refractivity contribution in [3.05, 3.63) is 21.9 Å². The van der Waals surface area contributed by atoms with Crippen molar-refractivity contribution in [2.45, 2.75) is 26.3 Å². The predicted octanol–water partition coefficient (Wildman–Crippen LogP) is 1.42. The van der Waals surface area contributed by atoms with Crippen LogP contribution in [0.2, 0.25) is 0 Å². The number of nitrogens with one attached hydrogen (secondary N) is 1. The second kappa shape index (κ2) is 4.97. The molecule has 16 heavy (non-hydrogen) atoms. The Morgan fingerprint density at radius 1 is 1.62 bits per heavy atom. The summed E-state index contributed by atoms with van der Waals surface area (Å²) in [7, 11) is 0. The van der Waals surface area contributed by atoms with E-state index in [0.29, 0.717) is 12.5 Å². The lowest BCUT2D eigenvalue weighted by Crippen LogP contribution is -2.52. The van der Waals surface area contributed by atoms with E-state index in [1.54, 1.807) is 11.3 Å². The van der Waals surface area contributed by atoms with Crippen molar-refractivity contribution in [1.29, 1.82) is 0 Å². The average Bonchev–Trinajstić information content (AvgIpc) is 2.64. The van der Waals surface area contributed by atoms with E-state index in [4.69, 9.17) is 0 Å². The Bertz CT molecular complexity index is 375. The lowest BCUT2D eigenvalue weighted by atomic mass is 10.2. The van der Waals surface area contributed by atoms with E-state index in [1.165, 1.54) is 9.75 Å². The van der Waals surface area contributed by atoms with Crippen LogP contribution in [0.15, 0.2) is 12.1 Å².